The molecule has 1 aromatic carbocycles. The maximum atomic E-state index is 12.9. The van der Waals surface area contributed by atoms with Crippen molar-refractivity contribution in [2.75, 3.05) is 6.61 Å². The van der Waals surface area contributed by atoms with Crippen molar-refractivity contribution in [3.05, 3.63) is 42.4 Å². The summed E-state index contributed by atoms with van der Waals surface area (Å²) in [7, 11) is 0. The van der Waals surface area contributed by atoms with Crippen molar-refractivity contribution < 1.29 is 18.7 Å². The normalized spacial score (nSPS) is 19.5. The molecule has 1 aromatic heterocycles. The van der Waals surface area contributed by atoms with Crippen molar-refractivity contribution in [1.82, 2.24) is 10.3 Å². The zero-order chi connectivity index (χ0) is 21.4. The number of nitrogens with one attached hydrogen (secondary N) is 1. The second kappa shape index (κ2) is 10.5. The number of ketones is 1. The van der Waals surface area contributed by atoms with Gasteiger partial charge in [0, 0.05) is 25.0 Å². The van der Waals surface area contributed by atoms with Crippen molar-refractivity contribution in [1.29, 1.82) is 0 Å². The van der Waals surface area contributed by atoms with Crippen molar-refractivity contribution in [3.63, 3.8) is 0 Å². The number of hydrogen-bond donors (Lipinski definition) is 1. The van der Waals surface area contributed by atoms with E-state index < -0.39 is 5.60 Å². The average molecular weight is 413 g/mol. The maximum absolute atomic E-state index is 12.9. The Morgan fingerprint density at radius 2 is 2.00 bits per heavy atom. The van der Waals surface area contributed by atoms with Gasteiger partial charge in [0.15, 0.2) is 5.76 Å². The zero-order valence-corrected chi connectivity index (χ0v) is 18.0. The molecule has 30 heavy (non-hydrogen) atoms. The molecule has 2 atom stereocenters. The van der Waals surface area contributed by atoms with Gasteiger partial charge in [-0.2, -0.15) is 0 Å². The van der Waals surface area contributed by atoms with Gasteiger partial charge in [0.25, 0.3) is 5.91 Å². The van der Waals surface area contributed by atoms with E-state index in [-0.39, 0.29) is 11.9 Å². The van der Waals surface area contributed by atoms with E-state index in [1.165, 1.54) is 0 Å². The van der Waals surface area contributed by atoms with Crippen LogP contribution in [0.1, 0.15) is 77.1 Å². The number of nitrogens with zero attached hydrogens (tertiary/aromatic N) is 1. The molecule has 1 fully saturated rings. The molecule has 162 valence electrons. The number of hydrogen-bond acceptors (Lipinski definition) is 5. The molecule has 0 saturated carbocycles. The lowest BCUT2D eigenvalue weighted by Gasteiger charge is -2.25. The van der Waals surface area contributed by atoms with Gasteiger partial charge in [0.05, 0.1) is 6.20 Å². The lowest BCUT2D eigenvalue weighted by atomic mass is 10.00. The van der Waals surface area contributed by atoms with Gasteiger partial charge in [-0.05, 0) is 32.6 Å². The summed E-state index contributed by atoms with van der Waals surface area (Å²) in [5.41, 5.74) is 0.159. The third kappa shape index (κ3) is 5.79. The zero-order valence-electron chi connectivity index (χ0n) is 18.0. The van der Waals surface area contributed by atoms with Gasteiger partial charge in [-0.25, -0.2) is 4.98 Å². The van der Waals surface area contributed by atoms with Crippen LogP contribution in [0.15, 0.2) is 40.9 Å². The highest BCUT2D eigenvalue weighted by Crippen LogP contribution is 2.29. The molecule has 1 aliphatic rings. The van der Waals surface area contributed by atoms with Crippen molar-refractivity contribution >= 4 is 11.7 Å². The maximum Gasteiger partial charge on any atom is 0.252 e. The Kier molecular flexibility index (Phi) is 7.80. The number of carbonyl (C=O) groups excluding carboxylic acids is 2. The highest BCUT2D eigenvalue weighted by atomic mass is 16.5. The fourth-order valence-corrected chi connectivity index (χ4v) is 3.74. The number of ether oxygens (including phenoxy) is 1. The van der Waals surface area contributed by atoms with E-state index in [1.54, 1.807) is 6.20 Å². The summed E-state index contributed by atoms with van der Waals surface area (Å²) >= 11 is 0. The van der Waals surface area contributed by atoms with Crippen molar-refractivity contribution in [2.24, 2.45) is 0 Å². The number of unbranched alkanes of at least 4 members (excludes halogenated alkanes) is 2. The highest BCUT2D eigenvalue weighted by molar-refractivity contribution is 5.85. The van der Waals surface area contributed by atoms with E-state index in [0.29, 0.717) is 49.7 Å². The Bertz CT molecular complexity index is 825. The van der Waals surface area contributed by atoms with E-state index in [0.717, 1.165) is 31.2 Å². The Labute approximate surface area is 178 Å². The molecule has 1 amide bonds. The van der Waals surface area contributed by atoms with Crippen LogP contribution in [0.5, 0.6) is 0 Å². The number of amides is 1. The third-order valence-electron chi connectivity index (χ3n) is 5.73. The van der Waals surface area contributed by atoms with Crippen LogP contribution < -0.4 is 5.32 Å². The summed E-state index contributed by atoms with van der Waals surface area (Å²) in [5.74, 6) is 1.37. The second-order valence-corrected chi connectivity index (χ2v) is 8.13. The minimum atomic E-state index is -0.791. The smallest absolute Gasteiger partial charge is 0.252 e. The molecule has 6 heteroatoms. The quantitative estimate of drug-likeness (QED) is 0.525. The minimum absolute atomic E-state index is 0.120. The predicted molar refractivity (Wildman–Crippen MR) is 115 cm³/mol. The molecule has 0 unspecified atom stereocenters. The van der Waals surface area contributed by atoms with Crippen LogP contribution in [0.2, 0.25) is 0 Å². The van der Waals surface area contributed by atoms with Gasteiger partial charge < -0.3 is 14.5 Å². The summed E-state index contributed by atoms with van der Waals surface area (Å²) in [6, 6.07) is 9.47. The van der Waals surface area contributed by atoms with Gasteiger partial charge in [0.1, 0.15) is 17.4 Å². The van der Waals surface area contributed by atoms with E-state index in [1.807, 2.05) is 44.2 Å². The summed E-state index contributed by atoms with van der Waals surface area (Å²) in [5, 5.41) is 3.10. The molecule has 1 aliphatic heterocycles. The molecule has 0 aliphatic carbocycles. The second-order valence-electron chi connectivity index (χ2n) is 8.13. The molecule has 6 nitrogen and oxygen atoms in total. The molecular weight excluding hydrogens is 380 g/mol. The molecule has 1 saturated heterocycles. The summed E-state index contributed by atoms with van der Waals surface area (Å²) in [6.07, 6.45) is 7.90. The van der Waals surface area contributed by atoms with E-state index in [9.17, 15) is 9.59 Å². The minimum Gasteiger partial charge on any atom is -0.438 e. The molecule has 2 aromatic rings. The Morgan fingerprint density at radius 1 is 1.20 bits per heavy atom. The number of oxazole rings is 1. The van der Waals surface area contributed by atoms with Gasteiger partial charge in [-0.3, -0.25) is 9.59 Å². The van der Waals surface area contributed by atoms with Crippen LogP contribution in [0.25, 0.3) is 11.3 Å². The van der Waals surface area contributed by atoms with E-state index in [4.69, 9.17) is 9.15 Å². The molecule has 0 bridgehead atoms. The molecule has 0 spiro atoms. The monoisotopic (exact) mass is 412 g/mol. The molecule has 3 rings (SSSR count). The largest absolute Gasteiger partial charge is 0.438 e. The fourth-order valence-electron chi connectivity index (χ4n) is 3.74. The SMILES string of the molecule is CCC(=O)CCCCC[C@H](NC(=O)[C@]1(C)CCCO1)c1ncc(-c2ccccc2)o1. The summed E-state index contributed by atoms with van der Waals surface area (Å²) in [4.78, 5) is 28.9. The van der Waals surface area contributed by atoms with Crippen LogP contribution >= 0.6 is 0 Å². The molecular formula is C24H32N2O4. The van der Waals surface area contributed by atoms with Crippen molar-refractivity contribution in [3.8, 4) is 11.3 Å². The van der Waals surface area contributed by atoms with Gasteiger partial charge >= 0.3 is 0 Å². The first kappa shape index (κ1) is 22.2. The summed E-state index contributed by atoms with van der Waals surface area (Å²) < 4.78 is 11.7. The number of carbonyl (C=O) groups is 2. The third-order valence-corrected chi connectivity index (χ3v) is 5.73. The number of rotatable bonds is 11. The first-order chi connectivity index (χ1) is 14.5. The van der Waals surface area contributed by atoms with Gasteiger partial charge in [0.2, 0.25) is 5.89 Å². The lowest BCUT2D eigenvalue weighted by Crippen LogP contribution is -2.45. The van der Waals surface area contributed by atoms with Gasteiger partial charge in [-0.15, -0.1) is 0 Å². The van der Waals surface area contributed by atoms with E-state index >= 15 is 0 Å². The Hall–Kier alpha value is -2.47. The molecule has 2 heterocycles. The lowest BCUT2D eigenvalue weighted by molar-refractivity contribution is -0.140. The van der Waals surface area contributed by atoms with Crippen LogP contribution in [-0.2, 0) is 14.3 Å². The Balaban J connectivity index is 1.66. The van der Waals surface area contributed by atoms with Gasteiger partial charge in [-0.1, -0.05) is 50.1 Å². The first-order valence-corrected chi connectivity index (χ1v) is 11.0. The average Bonchev–Trinajstić information content (AvgIpc) is 3.43. The predicted octanol–water partition coefficient (Wildman–Crippen LogP) is 5.00. The van der Waals surface area contributed by atoms with Crippen molar-refractivity contribution in [2.45, 2.75) is 76.9 Å². The summed E-state index contributed by atoms with van der Waals surface area (Å²) in [6.45, 7) is 4.34. The fraction of sp³-hybridized carbons (Fsp3) is 0.542. The van der Waals surface area contributed by atoms with E-state index in [2.05, 4.69) is 10.3 Å². The molecule has 1 N–H and O–H groups in total. The highest BCUT2D eigenvalue weighted by Gasteiger charge is 2.39. The number of benzene rings is 1. The number of Topliss-reactive ketones (excluding diaryl/α,β-unsaturated/α-hetero) is 1. The topological polar surface area (TPSA) is 81.4 Å². The van der Waals surface area contributed by atoms with Crippen LogP contribution in [0.3, 0.4) is 0 Å². The van der Waals surface area contributed by atoms with Crippen LogP contribution in [0, 0.1) is 0 Å². The number of aromatic nitrogens is 1. The molecule has 0 radical (unpaired) electrons. The Morgan fingerprint density at radius 3 is 2.70 bits per heavy atom. The first-order valence-electron chi connectivity index (χ1n) is 11.0. The van der Waals surface area contributed by atoms with Crippen LogP contribution in [-0.4, -0.2) is 28.9 Å². The van der Waals surface area contributed by atoms with Crippen LogP contribution in [0.4, 0.5) is 0 Å². The standard InChI is InChI=1S/C24H32N2O4/c1-3-19(27)13-8-5-9-14-20(26-23(28)24(2)15-10-16-29-24)22-25-17-21(30-22)18-11-6-4-7-12-18/h4,6-7,11-12,17,20H,3,5,8-10,13-16H2,1-2H3,(H,26,28)/t20-,24-/m0/s1.